The van der Waals surface area contributed by atoms with Crippen molar-refractivity contribution < 1.29 is 4.79 Å². The number of hydrazone groups is 1. The summed E-state index contributed by atoms with van der Waals surface area (Å²) in [6.45, 7) is 14.7. The molecule has 33 heavy (non-hydrogen) atoms. The molecule has 1 aliphatic rings. The van der Waals surface area contributed by atoms with Gasteiger partial charge in [-0.05, 0) is 34.4 Å². The molecule has 0 aromatic heterocycles. The molecule has 0 aliphatic carbocycles. The first-order valence-electron chi connectivity index (χ1n) is 12.2. The summed E-state index contributed by atoms with van der Waals surface area (Å²) in [5, 5.41) is 4.36. The highest BCUT2D eigenvalue weighted by atomic mass is 16.2. The lowest BCUT2D eigenvalue weighted by Crippen LogP contribution is -2.49. The highest BCUT2D eigenvalue weighted by molar-refractivity contribution is 6.07. The molecular formula is C28H40N4O. The van der Waals surface area contributed by atoms with Crippen molar-refractivity contribution in [3.63, 3.8) is 0 Å². The molecule has 1 atom stereocenters. The number of benzene rings is 2. The van der Waals surface area contributed by atoms with E-state index in [-0.39, 0.29) is 17.4 Å². The van der Waals surface area contributed by atoms with Crippen LogP contribution >= 0.6 is 0 Å². The molecule has 0 fully saturated rings. The van der Waals surface area contributed by atoms with Crippen molar-refractivity contribution in [1.29, 1.82) is 0 Å². The summed E-state index contributed by atoms with van der Waals surface area (Å²) in [7, 11) is 0. The first kappa shape index (κ1) is 25.0. The number of rotatable bonds is 9. The van der Waals surface area contributed by atoms with Crippen LogP contribution in [0.2, 0.25) is 0 Å². The Balaban J connectivity index is 1.87. The molecule has 0 saturated heterocycles. The Kier molecular flexibility index (Phi) is 8.30. The molecule has 2 aromatic rings. The first-order chi connectivity index (χ1) is 15.7. The van der Waals surface area contributed by atoms with Crippen LogP contribution in [0.15, 0.2) is 53.6 Å². The van der Waals surface area contributed by atoms with Gasteiger partial charge in [0, 0.05) is 24.6 Å². The number of hydrogen-bond acceptors (Lipinski definition) is 4. The number of nitrogens with zero attached hydrogens (tertiary/aromatic N) is 2. The Morgan fingerprint density at radius 1 is 1.06 bits per heavy atom. The van der Waals surface area contributed by atoms with Crippen molar-refractivity contribution in [3.8, 4) is 11.1 Å². The van der Waals surface area contributed by atoms with Crippen LogP contribution in [0.5, 0.6) is 0 Å². The largest absolute Gasteiger partial charge is 0.335 e. The molecule has 2 N–H and O–H groups in total. The molecule has 3 rings (SSSR count). The third kappa shape index (κ3) is 6.23. The number of hydrogen-bond donors (Lipinski definition) is 2. The number of carbonyl (C=O) groups excluding carboxylic acids is 1. The molecular weight excluding hydrogens is 408 g/mol. The van der Waals surface area contributed by atoms with E-state index in [0.29, 0.717) is 25.4 Å². The fraction of sp³-hybridized carbons (Fsp3) is 0.500. The molecule has 0 saturated carbocycles. The van der Waals surface area contributed by atoms with E-state index in [9.17, 15) is 4.79 Å². The molecule has 178 valence electrons. The number of nitrogens with one attached hydrogen (secondary N) is 2. The van der Waals surface area contributed by atoms with Gasteiger partial charge in [-0.2, -0.15) is 5.10 Å². The van der Waals surface area contributed by atoms with E-state index in [1.807, 2.05) is 6.07 Å². The molecule has 0 spiro atoms. The molecule has 0 unspecified atom stereocenters. The number of carbonyl (C=O) groups is 1. The Hall–Kier alpha value is -2.66. The minimum absolute atomic E-state index is 0.0129. The summed E-state index contributed by atoms with van der Waals surface area (Å²) in [4.78, 5) is 15.4. The molecule has 1 heterocycles. The second-order valence-electron chi connectivity index (χ2n) is 10.4. The maximum Gasteiger partial charge on any atom is 0.223 e. The van der Waals surface area contributed by atoms with E-state index in [1.165, 1.54) is 5.56 Å². The number of amides is 1. The van der Waals surface area contributed by atoms with Gasteiger partial charge in [-0.1, -0.05) is 96.5 Å². The van der Waals surface area contributed by atoms with Gasteiger partial charge in [0.2, 0.25) is 5.91 Å². The van der Waals surface area contributed by atoms with Gasteiger partial charge in [0.05, 0.1) is 12.3 Å². The van der Waals surface area contributed by atoms with Gasteiger partial charge in [0.15, 0.2) is 0 Å². The van der Waals surface area contributed by atoms with Crippen LogP contribution in [0.4, 0.5) is 0 Å². The predicted molar refractivity (Wildman–Crippen MR) is 138 cm³/mol. The maximum absolute atomic E-state index is 13.3. The summed E-state index contributed by atoms with van der Waals surface area (Å²) < 4.78 is 0. The van der Waals surface area contributed by atoms with Crippen molar-refractivity contribution in [2.75, 3.05) is 6.54 Å². The van der Waals surface area contributed by atoms with E-state index in [1.54, 1.807) is 0 Å². The van der Waals surface area contributed by atoms with Crippen LogP contribution in [-0.2, 0) is 11.3 Å². The van der Waals surface area contributed by atoms with E-state index in [2.05, 4.69) is 105 Å². The van der Waals surface area contributed by atoms with Crippen molar-refractivity contribution in [2.24, 2.45) is 16.4 Å². The van der Waals surface area contributed by atoms with E-state index in [4.69, 9.17) is 0 Å². The van der Waals surface area contributed by atoms with Gasteiger partial charge in [0.25, 0.3) is 0 Å². The third-order valence-electron chi connectivity index (χ3n) is 6.30. The highest BCUT2D eigenvalue weighted by Gasteiger charge is 2.35. The average Bonchev–Trinajstić information content (AvgIpc) is 3.31. The first-order valence-corrected chi connectivity index (χ1v) is 12.2. The lowest BCUT2D eigenvalue weighted by atomic mass is 9.78. The summed E-state index contributed by atoms with van der Waals surface area (Å²) in [6.07, 6.45) is 2.59. The zero-order valence-electron chi connectivity index (χ0n) is 21.1. The van der Waals surface area contributed by atoms with Gasteiger partial charge < -0.3 is 4.90 Å². The zero-order chi connectivity index (χ0) is 24.0. The second kappa shape index (κ2) is 11.0. The fourth-order valence-corrected chi connectivity index (χ4v) is 5.04. The lowest BCUT2D eigenvalue weighted by molar-refractivity contribution is -0.138. The summed E-state index contributed by atoms with van der Waals surface area (Å²) in [6, 6.07) is 17.2. The molecule has 5 nitrogen and oxygen atoms in total. The second-order valence-corrected chi connectivity index (χ2v) is 10.4. The molecule has 0 radical (unpaired) electrons. The maximum atomic E-state index is 13.3. The molecule has 0 bridgehead atoms. The molecule has 5 heteroatoms. The Bertz CT molecular complexity index is 957. The van der Waals surface area contributed by atoms with E-state index < -0.39 is 0 Å². The molecule has 1 aliphatic heterocycles. The number of hydrazine groups is 1. The molecule has 2 aromatic carbocycles. The van der Waals surface area contributed by atoms with Crippen molar-refractivity contribution >= 4 is 11.6 Å². The normalized spacial score (nSPS) is 14.7. The third-order valence-corrected chi connectivity index (χ3v) is 6.30. The summed E-state index contributed by atoms with van der Waals surface area (Å²) >= 11 is 0. The van der Waals surface area contributed by atoms with Crippen LogP contribution in [0.25, 0.3) is 11.1 Å². The van der Waals surface area contributed by atoms with Gasteiger partial charge in [0.1, 0.15) is 0 Å². The Labute approximate surface area is 199 Å². The quantitative estimate of drug-likeness (QED) is 0.513. The Morgan fingerprint density at radius 2 is 1.73 bits per heavy atom. The van der Waals surface area contributed by atoms with Gasteiger partial charge in [-0.15, -0.1) is 0 Å². The predicted octanol–water partition coefficient (Wildman–Crippen LogP) is 5.76. The van der Waals surface area contributed by atoms with E-state index in [0.717, 1.165) is 35.2 Å². The van der Waals surface area contributed by atoms with Crippen molar-refractivity contribution in [1.82, 2.24) is 15.9 Å². The van der Waals surface area contributed by atoms with Crippen LogP contribution in [-0.4, -0.2) is 29.1 Å². The minimum atomic E-state index is 0.0129. The minimum Gasteiger partial charge on any atom is -0.335 e. The van der Waals surface area contributed by atoms with Crippen LogP contribution in [0, 0.1) is 11.3 Å². The van der Waals surface area contributed by atoms with Crippen LogP contribution in [0.1, 0.15) is 71.9 Å². The number of unbranched alkanes of at least 4 members (excludes halogenated alkanes) is 1. The van der Waals surface area contributed by atoms with E-state index >= 15 is 0 Å². The highest BCUT2D eigenvalue weighted by Crippen LogP contribution is 2.32. The van der Waals surface area contributed by atoms with Crippen molar-refractivity contribution in [3.05, 3.63) is 59.7 Å². The van der Waals surface area contributed by atoms with Gasteiger partial charge >= 0.3 is 0 Å². The summed E-state index contributed by atoms with van der Waals surface area (Å²) in [5.74, 6) is 0.648. The Morgan fingerprint density at radius 3 is 2.27 bits per heavy atom. The van der Waals surface area contributed by atoms with Crippen LogP contribution < -0.4 is 11.0 Å². The van der Waals surface area contributed by atoms with Crippen LogP contribution in [0.3, 0.4) is 0 Å². The topological polar surface area (TPSA) is 56.7 Å². The monoisotopic (exact) mass is 448 g/mol. The van der Waals surface area contributed by atoms with Crippen molar-refractivity contribution in [2.45, 2.75) is 73.4 Å². The fourth-order valence-electron chi connectivity index (χ4n) is 5.04. The molecule has 1 amide bonds. The SMILES string of the molecule is CCCCC(=O)N(Cc1ccc(-c2ccccc2C2=NNNC2)cc1)[C@@H](C(C)C)C(C)(C)C. The van der Waals surface area contributed by atoms with Gasteiger partial charge in [-0.3, -0.25) is 4.79 Å². The average molecular weight is 449 g/mol. The van der Waals surface area contributed by atoms with Gasteiger partial charge in [-0.25, -0.2) is 11.0 Å². The summed E-state index contributed by atoms with van der Waals surface area (Å²) in [5.41, 5.74) is 11.5. The zero-order valence-corrected chi connectivity index (χ0v) is 21.1. The standard InChI is InChI=1S/C28H40N4O/c1-7-8-13-26(33)32(27(20(2)3)28(4,5)6)19-21-14-16-22(17-15-21)23-11-9-10-12-24(23)25-18-29-31-30-25/h9-12,14-17,20,27,29,31H,7-8,13,18-19H2,1-6H3/t27-/m0/s1. The lowest BCUT2D eigenvalue weighted by Gasteiger charge is -2.43. The smallest absolute Gasteiger partial charge is 0.223 e.